The number of anilines is 1. The molecule has 7 heteroatoms. The zero-order valence-electron chi connectivity index (χ0n) is 12.2. The average Bonchev–Trinajstić information content (AvgIpc) is 3.04. The van der Waals surface area contributed by atoms with Gasteiger partial charge in [0.05, 0.1) is 0 Å². The topological polar surface area (TPSA) is 69.6 Å². The molecule has 2 unspecified atom stereocenters. The normalized spacial score (nSPS) is 25.2. The minimum absolute atomic E-state index is 0.122. The molecule has 1 N–H and O–H groups in total. The Morgan fingerprint density at radius 1 is 1.43 bits per heavy atom. The highest BCUT2D eigenvalue weighted by molar-refractivity contribution is 6.28. The summed E-state index contributed by atoms with van der Waals surface area (Å²) in [5.41, 5.74) is 0.589. The molecule has 2 heterocycles. The zero-order chi connectivity index (χ0) is 15.1. The summed E-state index contributed by atoms with van der Waals surface area (Å²) >= 11 is 5.91. The Morgan fingerprint density at radius 2 is 2.10 bits per heavy atom. The van der Waals surface area contributed by atoms with Gasteiger partial charge in [-0.3, -0.25) is 4.79 Å². The van der Waals surface area contributed by atoms with Crippen LogP contribution in [-0.2, 0) is 4.79 Å². The number of carbonyl (C=O) groups excluding carboxylic acids is 1. The number of rotatable bonds is 2. The first-order valence-corrected chi connectivity index (χ1v) is 7.58. The van der Waals surface area contributed by atoms with Crippen LogP contribution in [-0.4, -0.2) is 52.1 Å². The van der Waals surface area contributed by atoms with Crippen LogP contribution in [0.15, 0.2) is 6.20 Å². The fourth-order valence-electron chi connectivity index (χ4n) is 3.33. The van der Waals surface area contributed by atoms with E-state index in [9.17, 15) is 9.90 Å². The van der Waals surface area contributed by atoms with E-state index < -0.39 is 12.1 Å². The predicted molar refractivity (Wildman–Crippen MR) is 79.2 cm³/mol. The third-order valence-corrected chi connectivity index (χ3v) is 4.52. The monoisotopic (exact) mass is 310 g/mol. The third kappa shape index (κ3) is 2.36. The maximum atomic E-state index is 12.5. The average molecular weight is 311 g/mol. The SMILES string of the molecule is CN(C)C(=O)C1C(O)c2cnc(Cl)nc2N1C1CCCC1. The molecule has 2 aliphatic rings. The second-order valence-electron chi connectivity index (χ2n) is 5.89. The van der Waals surface area contributed by atoms with Crippen LogP contribution >= 0.6 is 11.6 Å². The van der Waals surface area contributed by atoms with Crippen molar-refractivity contribution in [2.75, 3.05) is 19.0 Å². The van der Waals surface area contributed by atoms with Crippen molar-refractivity contribution in [3.63, 3.8) is 0 Å². The van der Waals surface area contributed by atoms with Gasteiger partial charge in [0.1, 0.15) is 18.0 Å². The molecule has 0 saturated heterocycles. The van der Waals surface area contributed by atoms with Crippen molar-refractivity contribution in [2.24, 2.45) is 0 Å². The Labute approximate surface area is 128 Å². The molecule has 0 radical (unpaired) electrons. The minimum atomic E-state index is -0.909. The van der Waals surface area contributed by atoms with Crippen molar-refractivity contribution in [1.82, 2.24) is 14.9 Å². The third-order valence-electron chi connectivity index (χ3n) is 4.34. The second-order valence-corrected chi connectivity index (χ2v) is 6.22. The Kier molecular flexibility index (Phi) is 3.75. The maximum absolute atomic E-state index is 12.5. The standard InChI is InChI=1S/C14H19ClN4O2/c1-18(2)13(21)10-11(20)9-7-16-14(15)17-12(9)19(10)8-5-3-4-6-8/h7-8,10-11,20H,3-6H2,1-2H3. The van der Waals surface area contributed by atoms with Gasteiger partial charge >= 0.3 is 0 Å². The van der Waals surface area contributed by atoms with Crippen LogP contribution in [0.2, 0.25) is 5.28 Å². The van der Waals surface area contributed by atoms with Crippen LogP contribution < -0.4 is 4.90 Å². The molecule has 0 bridgehead atoms. The highest BCUT2D eigenvalue weighted by Crippen LogP contribution is 2.43. The molecule has 114 valence electrons. The predicted octanol–water partition coefficient (Wildman–Crippen LogP) is 1.38. The van der Waals surface area contributed by atoms with Crippen LogP contribution in [0.4, 0.5) is 5.82 Å². The van der Waals surface area contributed by atoms with E-state index in [-0.39, 0.29) is 17.2 Å². The van der Waals surface area contributed by atoms with Gasteiger partial charge in [-0.05, 0) is 24.4 Å². The summed E-state index contributed by atoms with van der Waals surface area (Å²) in [4.78, 5) is 24.2. The van der Waals surface area contributed by atoms with Crippen molar-refractivity contribution in [1.29, 1.82) is 0 Å². The van der Waals surface area contributed by atoms with Gasteiger partial charge in [-0.25, -0.2) is 9.97 Å². The first-order valence-electron chi connectivity index (χ1n) is 7.20. The number of nitrogens with zero attached hydrogens (tertiary/aromatic N) is 4. The van der Waals surface area contributed by atoms with Gasteiger partial charge in [0, 0.05) is 31.9 Å². The van der Waals surface area contributed by atoms with Gasteiger partial charge in [-0.2, -0.15) is 0 Å². The zero-order valence-corrected chi connectivity index (χ0v) is 12.9. The van der Waals surface area contributed by atoms with Crippen LogP contribution in [0.25, 0.3) is 0 Å². The largest absolute Gasteiger partial charge is 0.385 e. The number of hydrogen-bond acceptors (Lipinski definition) is 5. The van der Waals surface area contributed by atoms with Gasteiger partial charge < -0.3 is 14.9 Å². The van der Waals surface area contributed by atoms with Gasteiger partial charge in [0.25, 0.3) is 0 Å². The summed E-state index contributed by atoms with van der Waals surface area (Å²) in [5.74, 6) is 0.484. The van der Waals surface area contributed by atoms with Crippen molar-refractivity contribution in [3.8, 4) is 0 Å². The lowest BCUT2D eigenvalue weighted by Gasteiger charge is -2.33. The van der Waals surface area contributed by atoms with Gasteiger partial charge in [0.2, 0.25) is 11.2 Å². The Balaban J connectivity index is 2.05. The number of halogens is 1. The summed E-state index contributed by atoms with van der Waals surface area (Å²) in [6, 6.07) is -0.411. The lowest BCUT2D eigenvalue weighted by atomic mass is 10.1. The molecule has 1 fully saturated rings. The van der Waals surface area contributed by atoms with E-state index in [0.29, 0.717) is 11.4 Å². The summed E-state index contributed by atoms with van der Waals surface area (Å²) in [7, 11) is 3.40. The highest BCUT2D eigenvalue weighted by Gasteiger charge is 2.47. The first kappa shape index (κ1) is 14.5. The molecule has 0 spiro atoms. The quantitative estimate of drug-likeness (QED) is 0.836. The lowest BCUT2D eigenvalue weighted by Crippen LogP contribution is -2.50. The first-order chi connectivity index (χ1) is 10.0. The van der Waals surface area contributed by atoms with Crippen molar-refractivity contribution in [3.05, 3.63) is 17.0 Å². The molecular formula is C14H19ClN4O2. The summed E-state index contributed by atoms with van der Waals surface area (Å²) in [5, 5.41) is 10.7. The molecule has 1 aliphatic heterocycles. The summed E-state index contributed by atoms with van der Waals surface area (Å²) in [6.45, 7) is 0. The van der Waals surface area contributed by atoms with Crippen molar-refractivity contribution < 1.29 is 9.90 Å². The molecule has 1 amide bonds. The molecule has 0 aromatic carbocycles. The van der Waals surface area contributed by atoms with Crippen molar-refractivity contribution in [2.45, 2.75) is 43.9 Å². The number of aliphatic hydroxyl groups excluding tert-OH is 1. The number of hydrogen-bond donors (Lipinski definition) is 1. The number of fused-ring (bicyclic) bond motifs is 1. The van der Waals surface area contributed by atoms with Crippen LogP contribution in [0.1, 0.15) is 37.4 Å². The Bertz CT molecular complexity index is 560. The second kappa shape index (κ2) is 5.42. The van der Waals surface area contributed by atoms with E-state index in [1.807, 2.05) is 4.90 Å². The minimum Gasteiger partial charge on any atom is -0.385 e. The van der Waals surface area contributed by atoms with Crippen LogP contribution in [0.5, 0.6) is 0 Å². The molecule has 2 atom stereocenters. The van der Waals surface area contributed by atoms with E-state index in [4.69, 9.17) is 11.6 Å². The van der Waals surface area contributed by atoms with E-state index in [2.05, 4.69) is 9.97 Å². The summed E-state index contributed by atoms with van der Waals surface area (Å²) in [6.07, 6.45) is 4.89. The number of likely N-dealkylation sites (N-methyl/N-ethyl adjacent to an activating group) is 1. The van der Waals surface area contributed by atoms with Crippen molar-refractivity contribution >= 4 is 23.3 Å². The molecule has 1 aliphatic carbocycles. The molecule has 1 saturated carbocycles. The van der Waals surface area contributed by atoms with Gasteiger partial charge in [-0.1, -0.05) is 12.8 Å². The summed E-state index contributed by atoms with van der Waals surface area (Å²) < 4.78 is 0. The smallest absolute Gasteiger partial charge is 0.247 e. The van der Waals surface area contributed by atoms with E-state index in [1.54, 1.807) is 14.1 Å². The number of aliphatic hydroxyl groups is 1. The molecule has 6 nitrogen and oxygen atoms in total. The highest BCUT2D eigenvalue weighted by atomic mass is 35.5. The molecule has 21 heavy (non-hydrogen) atoms. The van der Waals surface area contributed by atoms with E-state index in [1.165, 1.54) is 11.1 Å². The molecule has 1 aromatic rings. The van der Waals surface area contributed by atoms with Gasteiger partial charge in [0.15, 0.2) is 0 Å². The lowest BCUT2D eigenvalue weighted by molar-refractivity contribution is -0.132. The Hall–Kier alpha value is -1.40. The Morgan fingerprint density at radius 3 is 2.71 bits per heavy atom. The number of amides is 1. The molecule has 1 aromatic heterocycles. The number of carbonyl (C=O) groups is 1. The number of aromatic nitrogens is 2. The van der Waals surface area contributed by atoms with Crippen LogP contribution in [0.3, 0.4) is 0 Å². The fraction of sp³-hybridized carbons (Fsp3) is 0.643. The molecular weight excluding hydrogens is 292 g/mol. The fourth-order valence-corrected chi connectivity index (χ4v) is 3.46. The van der Waals surface area contributed by atoms with Crippen LogP contribution in [0, 0.1) is 0 Å². The van der Waals surface area contributed by atoms with E-state index >= 15 is 0 Å². The maximum Gasteiger partial charge on any atom is 0.247 e. The molecule has 3 rings (SSSR count). The van der Waals surface area contributed by atoms with Gasteiger partial charge in [-0.15, -0.1) is 0 Å². The van der Waals surface area contributed by atoms with E-state index in [0.717, 1.165) is 25.7 Å².